The number of morpholine rings is 1. The third-order valence-corrected chi connectivity index (χ3v) is 3.41. The van der Waals surface area contributed by atoms with Gasteiger partial charge >= 0.3 is 0 Å². The van der Waals surface area contributed by atoms with Crippen molar-refractivity contribution in [1.29, 1.82) is 0 Å². The van der Waals surface area contributed by atoms with Gasteiger partial charge in [0, 0.05) is 25.5 Å². The molecule has 0 amide bonds. The summed E-state index contributed by atoms with van der Waals surface area (Å²) in [6, 6.07) is 6.45. The van der Waals surface area contributed by atoms with Gasteiger partial charge in [0.25, 0.3) is 0 Å². The van der Waals surface area contributed by atoms with Crippen LogP contribution in [0.5, 0.6) is 0 Å². The molecular formula is C13H17N3O. The molecule has 17 heavy (non-hydrogen) atoms. The fraction of sp³-hybridized carbons (Fsp3) is 0.462. The molecule has 90 valence electrons. The van der Waals surface area contributed by atoms with Crippen LogP contribution in [0.1, 0.15) is 11.7 Å². The summed E-state index contributed by atoms with van der Waals surface area (Å²) in [4.78, 5) is 2.31. The molecule has 1 fully saturated rings. The quantitative estimate of drug-likeness (QED) is 0.746. The van der Waals surface area contributed by atoms with Gasteiger partial charge in [-0.3, -0.25) is 4.68 Å². The molecule has 0 bridgehead atoms. The molecule has 1 atom stereocenters. The summed E-state index contributed by atoms with van der Waals surface area (Å²) in [7, 11) is 4.10. The average molecular weight is 231 g/mol. The number of fused-ring (bicyclic) bond motifs is 1. The smallest absolute Gasteiger partial charge is 0.0952 e. The normalized spacial score (nSPS) is 22.1. The van der Waals surface area contributed by atoms with Gasteiger partial charge in [-0.2, -0.15) is 5.10 Å². The third-order valence-electron chi connectivity index (χ3n) is 3.41. The van der Waals surface area contributed by atoms with Crippen LogP contribution in [0.4, 0.5) is 0 Å². The van der Waals surface area contributed by atoms with E-state index in [9.17, 15) is 0 Å². The van der Waals surface area contributed by atoms with Crippen LogP contribution < -0.4 is 0 Å². The largest absolute Gasteiger partial charge is 0.371 e. The standard InChI is InChI=1S/C13H17N3O/c1-15-5-6-17-13(9-15)10-3-4-12-11(7-10)8-14-16(12)2/h3-4,7-8,13H,5-6,9H2,1-2H3. The van der Waals surface area contributed by atoms with Crippen molar-refractivity contribution in [3.8, 4) is 0 Å². The highest BCUT2D eigenvalue weighted by molar-refractivity contribution is 5.79. The monoisotopic (exact) mass is 231 g/mol. The predicted molar refractivity (Wildman–Crippen MR) is 66.9 cm³/mol. The van der Waals surface area contributed by atoms with Gasteiger partial charge in [0.15, 0.2) is 0 Å². The van der Waals surface area contributed by atoms with E-state index in [0.717, 1.165) is 25.2 Å². The molecule has 2 heterocycles. The van der Waals surface area contributed by atoms with Crippen LogP contribution in [0.3, 0.4) is 0 Å². The van der Waals surface area contributed by atoms with Gasteiger partial charge in [-0.1, -0.05) is 6.07 Å². The van der Waals surface area contributed by atoms with Gasteiger partial charge in [0.2, 0.25) is 0 Å². The van der Waals surface area contributed by atoms with Gasteiger partial charge < -0.3 is 9.64 Å². The molecule has 0 aliphatic carbocycles. The molecular weight excluding hydrogens is 214 g/mol. The van der Waals surface area contributed by atoms with Crippen LogP contribution in [-0.4, -0.2) is 41.4 Å². The Labute approximate surface area is 101 Å². The maximum Gasteiger partial charge on any atom is 0.0952 e. The van der Waals surface area contributed by atoms with Crippen LogP contribution >= 0.6 is 0 Å². The lowest BCUT2D eigenvalue weighted by atomic mass is 10.1. The van der Waals surface area contributed by atoms with Crippen LogP contribution in [0.25, 0.3) is 10.9 Å². The van der Waals surface area contributed by atoms with Crippen molar-refractivity contribution < 1.29 is 4.74 Å². The number of aromatic nitrogens is 2. The maximum atomic E-state index is 5.82. The number of hydrogen-bond donors (Lipinski definition) is 0. The Morgan fingerprint density at radius 2 is 2.24 bits per heavy atom. The van der Waals surface area contributed by atoms with Crippen LogP contribution in [0, 0.1) is 0 Å². The number of nitrogens with zero attached hydrogens (tertiary/aromatic N) is 3. The van der Waals surface area contributed by atoms with Crippen LogP contribution in [0.15, 0.2) is 24.4 Å². The van der Waals surface area contributed by atoms with Gasteiger partial charge in [-0.25, -0.2) is 0 Å². The van der Waals surface area contributed by atoms with E-state index in [1.54, 1.807) is 0 Å². The number of ether oxygens (including phenoxy) is 1. The van der Waals surface area contributed by atoms with Crippen molar-refractivity contribution in [2.75, 3.05) is 26.7 Å². The first-order chi connectivity index (χ1) is 8.24. The van der Waals surface area contributed by atoms with Crippen molar-refractivity contribution in [2.45, 2.75) is 6.10 Å². The Bertz CT molecular complexity index is 534. The number of hydrogen-bond acceptors (Lipinski definition) is 3. The lowest BCUT2D eigenvalue weighted by Crippen LogP contribution is -2.35. The second kappa shape index (κ2) is 4.13. The molecule has 4 heteroatoms. The Balaban J connectivity index is 1.94. The lowest BCUT2D eigenvalue weighted by molar-refractivity contribution is -0.0208. The second-order valence-corrected chi connectivity index (χ2v) is 4.71. The van der Waals surface area contributed by atoms with Crippen LogP contribution in [-0.2, 0) is 11.8 Å². The third kappa shape index (κ3) is 1.94. The van der Waals surface area contributed by atoms with Gasteiger partial charge in [-0.05, 0) is 24.7 Å². The minimum Gasteiger partial charge on any atom is -0.371 e. The number of benzene rings is 1. The summed E-state index contributed by atoms with van der Waals surface area (Å²) in [5.41, 5.74) is 2.41. The van der Waals surface area contributed by atoms with E-state index >= 15 is 0 Å². The van der Waals surface area contributed by atoms with Gasteiger partial charge in [0.1, 0.15) is 0 Å². The van der Waals surface area contributed by atoms with Crippen molar-refractivity contribution >= 4 is 10.9 Å². The van der Waals surface area contributed by atoms with E-state index in [-0.39, 0.29) is 6.10 Å². The number of aryl methyl sites for hydroxylation is 1. The summed E-state index contributed by atoms with van der Waals surface area (Å²) in [5.74, 6) is 0. The molecule has 0 saturated carbocycles. The minimum absolute atomic E-state index is 0.193. The maximum absolute atomic E-state index is 5.82. The zero-order valence-corrected chi connectivity index (χ0v) is 10.3. The first kappa shape index (κ1) is 10.7. The first-order valence-corrected chi connectivity index (χ1v) is 5.96. The summed E-state index contributed by atoms with van der Waals surface area (Å²) in [5, 5.41) is 5.44. The molecule has 1 aromatic heterocycles. The Morgan fingerprint density at radius 1 is 1.35 bits per heavy atom. The molecule has 1 saturated heterocycles. The first-order valence-electron chi connectivity index (χ1n) is 5.96. The molecule has 3 rings (SSSR count). The van der Waals surface area contributed by atoms with E-state index in [1.165, 1.54) is 10.9 Å². The topological polar surface area (TPSA) is 30.3 Å². The molecule has 0 spiro atoms. The highest BCUT2D eigenvalue weighted by atomic mass is 16.5. The average Bonchev–Trinajstić information content (AvgIpc) is 2.71. The summed E-state index contributed by atoms with van der Waals surface area (Å²) in [6.45, 7) is 2.80. The SMILES string of the molecule is CN1CCOC(c2ccc3c(cnn3C)c2)C1. The van der Waals surface area contributed by atoms with E-state index in [4.69, 9.17) is 4.74 Å². The molecule has 0 N–H and O–H groups in total. The highest BCUT2D eigenvalue weighted by Gasteiger charge is 2.19. The Morgan fingerprint density at radius 3 is 3.06 bits per heavy atom. The summed E-state index contributed by atoms with van der Waals surface area (Å²) >= 11 is 0. The zero-order valence-electron chi connectivity index (χ0n) is 10.3. The van der Waals surface area contributed by atoms with E-state index in [1.807, 2.05) is 17.9 Å². The highest BCUT2D eigenvalue weighted by Crippen LogP contribution is 2.24. The van der Waals surface area contributed by atoms with Crippen molar-refractivity contribution in [2.24, 2.45) is 7.05 Å². The molecule has 4 nitrogen and oxygen atoms in total. The lowest BCUT2D eigenvalue weighted by Gasteiger charge is -2.30. The van der Waals surface area contributed by atoms with Crippen molar-refractivity contribution in [1.82, 2.24) is 14.7 Å². The molecule has 1 unspecified atom stereocenters. The van der Waals surface area contributed by atoms with Gasteiger partial charge in [0.05, 0.1) is 24.4 Å². The second-order valence-electron chi connectivity index (χ2n) is 4.71. The van der Waals surface area contributed by atoms with Crippen molar-refractivity contribution in [3.63, 3.8) is 0 Å². The van der Waals surface area contributed by atoms with Gasteiger partial charge in [-0.15, -0.1) is 0 Å². The zero-order chi connectivity index (χ0) is 11.8. The summed E-state index contributed by atoms with van der Waals surface area (Å²) < 4.78 is 7.72. The summed E-state index contributed by atoms with van der Waals surface area (Å²) in [6.07, 6.45) is 2.10. The van der Waals surface area contributed by atoms with E-state index < -0.39 is 0 Å². The minimum atomic E-state index is 0.193. The molecule has 1 aromatic carbocycles. The van der Waals surface area contributed by atoms with E-state index in [2.05, 4.69) is 35.2 Å². The Kier molecular flexibility index (Phi) is 2.61. The predicted octanol–water partition coefficient (Wildman–Crippen LogP) is 1.58. The molecule has 1 aliphatic heterocycles. The molecule has 0 radical (unpaired) electrons. The van der Waals surface area contributed by atoms with Crippen LogP contribution in [0.2, 0.25) is 0 Å². The molecule has 2 aromatic rings. The van der Waals surface area contributed by atoms with Crippen molar-refractivity contribution in [3.05, 3.63) is 30.0 Å². The van der Waals surface area contributed by atoms with E-state index in [0.29, 0.717) is 0 Å². The molecule has 1 aliphatic rings. The number of rotatable bonds is 1. The fourth-order valence-electron chi connectivity index (χ4n) is 2.36. The number of likely N-dealkylation sites (N-methyl/N-ethyl adjacent to an activating group) is 1. The fourth-order valence-corrected chi connectivity index (χ4v) is 2.36. The Hall–Kier alpha value is -1.39.